The minimum Gasteiger partial charge on any atom is -0.361 e. The summed E-state index contributed by atoms with van der Waals surface area (Å²) in [6, 6.07) is 22.2. The van der Waals surface area contributed by atoms with E-state index >= 15 is 0 Å². The van der Waals surface area contributed by atoms with Crippen LogP contribution in [-0.2, 0) is 12.3 Å². The van der Waals surface area contributed by atoms with Crippen LogP contribution in [0.3, 0.4) is 0 Å². The van der Waals surface area contributed by atoms with Crippen molar-refractivity contribution in [3.8, 4) is 0 Å². The third kappa shape index (κ3) is 4.35. The Labute approximate surface area is 174 Å². The largest absolute Gasteiger partial charge is 0.361 e. The first-order valence-electron chi connectivity index (χ1n) is 9.51. The molecule has 0 saturated carbocycles. The van der Waals surface area contributed by atoms with Crippen molar-refractivity contribution >= 4 is 28.4 Å². The van der Waals surface area contributed by atoms with Gasteiger partial charge < -0.3 is 9.84 Å². The highest BCUT2D eigenvalue weighted by Gasteiger charge is 2.14. The second kappa shape index (κ2) is 8.53. The minimum atomic E-state index is -0.0694. The van der Waals surface area contributed by atoms with E-state index in [1.165, 1.54) is 10.8 Å². The maximum atomic E-state index is 12.8. The minimum absolute atomic E-state index is 0.0694. The van der Waals surface area contributed by atoms with Crippen LogP contribution in [-0.4, -0.2) is 11.1 Å². The molecule has 0 unspecified atom stereocenters. The van der Waals surface area contributed by atoms with Crippen LogP contribution in [0.5, 0.6) is 0 Å². The topological polar surface area (TPSA) is 55.1 Å². The molecule has 1 heterocycles. The van der Waals surface area contributed by atoms with Crippen molar-refractivity contribution in [3.05, 3.63) is 94.9 Å². The summed E-state index contributed by atoms with van der Waals surface area (Å²) >= 11 is 1.62. The number of aryl methyl sites for hydroxylation is 2. The van der Waals surface area contributed by atoms with Crippen molar-refractivity contribution in [2.45, 2.75) is 31.0 Å². The van der Waals surface area contributed by atoms with Gasteiger partial charge in [-0.1, -0.05) is 53.7 Å². The van der Waals surface area contributed by atoms with Crippen LogP contribution in [0.25, 0.3) is 10.8 Å². The van der Waals surface area contributed by atoms with Gasteiger partial charge in [-0.05, 0) is 48.4 Å². The summed E-state index contributed by atoms with van der Waals surface area (Å²) in [5, 5.41) is 9.43. The number of nitrogens with one attached hydrogen (secondary N) is 1. The quantitative estimate of drug-likeness (QED) is 0.422. The number of fused-ring (bicyclic) bond motifs is 1. The lowest BCUT2D eigenvalue weighted by atomic mass is 10.1. The lowest BCUT2D eigenvalue weighted by Crippen LogP contribution is -2.23. The number of amides is 1. The number of aromatic nitrogens is 1. The lowest BCUT2D eigenvalue weighted by Gasteiger charge is -2.10. The molecule has 29 heavy (non-hydrogen) atoms. The average molecular weight is 403 g/mol. The van der Waals surface area contributed by atoms with Gasteiger partial charge in [0.15, 0.2) is 0 Å². The van der Waals surface area contributed by atoms with E-state index in [1.807, 2.05) is 50.2 Å². The van der Waals surface area contributed by atoms with Gasteiger partial charge in [0.25, 0.3) is 5.91 Å². The standard InChI is InChI=1S/C24H22N2O2S/c1-16-22(17(2)28-26-16)15-29-23-10-6-5-9-21(23)24(27)25-14-18-11-12-19-7-3-4-8-20(19)13-18/h3-13H,14-15H2,1-2H3,(H,25,27). The molecule has 4 nitrogen and oxygen atoms in total. The predicted molar refractivity (Wildman–Crippen MR) is 117 cm³/mol. The van der Waals surface area contributed by atoms with Gasteiger partial charge >= 0.3 is 0 Å². The van der Waals surface area contributed by atoms with Gasteiger partial charge in [0, 0.05) is 22.8 Å². The maximum absolute atomic E-state index is 12.8. The molecule has 5 heteroatoms. The molecule has 0 fully saturated rings. The summed E-state index contributed by atoms with van der Waals surface area (Å²) in [6.07, 6.45) is 0. The molecule has 4 rings (SSSR count). The zero-order valence-corrected chi connectivity index (χ0v) is 17.3. The Morgan fingerprint density at radius 2 is 1.76 bits per heavy atom. The van der Waals surface area contributed by atoms with Gasteiger partial charge in [-0.15, -0.1) is 11.8 Å². The summed E-state index contributed by atoms with van der Waals surface area (Å²) in [7, 11) is 0. The van der Waals surface area contributed by atoms with Gasteiger partial charge in [-0.3, -0.25) is 4.79 Å². The van der Waals surface area contributed by atoms with E-state index < -0.39 is 0 Å². The van der Waals surface area contributed by atoms with E-state index in [9.17, 15) is 4.79 Å². The van der Waals surface area contributed by atoms with Crippen molar-refractivity contribution < 1.29 is 9.32 Å². The molecule has 4 aromatic rings. The second-order valence-electron chi connectivity index (χ2n) is 6.95. The monoisotopic (exact) mass is 402 g/mol. The molecular formula is C24H22N2O2S. The van der Waals surface area contributed by atoms with Crippen LogP contribution in [0.4, 0.5) is 0 Å². The first-order chi connectivity index (χ1) is 14.1. The summed E-state index contributed by atoms with van der Waals surface area (Å²) in [5.74, 6) is 1.48. The molecule has 0 atom stereocenters. The second-order valence-corrected chi connectivity index (χ2v) is 7.97. The Morgan fingerprint density at radius 3 is 2.55 bits per heavy atom. The highest BCUT2D eigenvalue weighted by atomic mass is 32.2. The summed E-state index contributed by atoms with van der Waals surface area (Å²) < 4.78 is 5.24. The first kappa shape index (κ1) is 19.3. The van der Waals surface area contributed by atoms with E-state index in [-0.39, 0.29) is 5.91 Å². The molecule has 0 aliphatic rings. The number of carbonyl (C=O) groups is 1. The SMILES string of the molecule is Cc1noc(C)c1CSc1ccccc1C(=O)NCc1ccc2ccccc2c1. The van der Waals surface area contributed by atoms with Crippen LogP contribution in [0, 0.1) is 13.8 Å². The van der Waals surface area contributed by atoms with E-state index in [0.717, 1.165) is 33.2 Å². The maximum Gasteiger partial charge on any atom is 0.252 e. The Bertz CT molecular complexity index is 1150. The van der Waals surface area contributed by atoms with Crippen LogP contribution in [0.2, 0.25) is 0 Å². The molecule has 1 aromatic heterocycles. The molecule has 0 spiro atoms. The van der Waals surface area contributed by atoms with E-state index in [0.29, 0.717) is 12.1 Å². The number of nitrogens with zero attached hydrogens (tertiary/aromatic N) is 1. The molecule has 1 N–H and O–H groups in total. The molecule has 0 bridgehead atoms. The number of hydrogen-bond donors (Lipinski definition) is 1. The average Bonchev–Trinajstić information content (AvgIpc) is 3.08. The fraction of sp³-hybridized carbons (Fsp3) is 0.167. The van der Waals surface area contributed by atoms with Crippen molar-refractivity contribution in [3.63, 3.8) is 0 Å². The van der Waals surface area contributed by atoms with E-state index in [1.54, 1.807) is 11.8 Å². The molecule has 1 amide bonds. The molecule has 3 aromatic carbocycles. The number of benzene rings is 3. The lowest BCUT2D eigenvalue weighted by molar-refractivity contribution is 0.0948. The molecule has 0 aliphatic heterocycles. The van der Waals surface area contributed by atoms with Crippen molar-refractivity contribution in [2.24, 2.45) is 0 Å². The van der Waals surface area contributed by atoms with Crippen LogP contribution < -0.4 is 5.32 Å². The zero-order chi connectivity index (χ0) is 20.2. The molecule has 0 radical (unpaired) electrons. The molecule has 146 valence electrons. The highest BCUT2D eigenvalue weighted by Crippen LogP contribution is 2.29. The number of thioether (sulfide) groups is 1. The fourth-order valence-electron chi connectivity index (χ4n) is 3.26. The third-order valence-electron chi connectivity index (χ3n) is 4.95. The molecule has 0 saturated heterocycles. The van der Waals surface area contributed by atoms with Crippen LogP contribution >= 0.6 is 11.8 Å². The Morgan fingerprint density at radius 1 is 1.00 bits per heavy atom. The molecule has 0 aliphatic carbocycles. The third-order valence-corrected chi connectivity index (χ3v) is 6.05. The van der Waals surface area contributed by atoms with Gasteiger partial charge in [-0.25, -0.2) is 0 Å². The number of carbonyl (C=O) groups excluding carboxylic acids is 1. The Kier molecular flexibility index (Phi) is 5.67. The number of hydrogen-bond acceptors (Lipinski definition) is 4. The molecular weight excluding hydrogens is 380 g/mol. The van der Waals surface area contributed by atoms with Gasteiger partial charge in [0.05, 0.1) is 11.3 Å². The van der Waals surface area contributed by atoms with E-state index in [4.69, 9.17) is 4.52 Å². The predicted octanol–water partition coefficient (Wildman–Crippen LogP) is 5.67. The van der Waals surface area contributed by atoms with Gasteiger partial charge in [0.1, 0.15) is 5.76 Å². The number of rotatable bonds is 6. The van der Waals surface area contributed by atoms with Crippen molar-refractivity contribution in [2.75, 3.05) is 0 Å². The summed E-state index contributed by atoms with van der Waals surface area (Å²) in [6.45, 7) is 4.35. The van der Waals surface area contributed by atoms with Gasteiger partial charge in [0.2, 0.25) is 0 Å². The van der Waals surface area contributed by atoms with Crippen LogP contribution in [0.1, 0.15) is 32.9 Å². The van der Waals surface area contributed by atoms with Gasteiger partial charge in [-0.2, -0.15) is 0 Å². The Hall–Kier alpha value is -3.05. The Balaban J connectivity index is 1.45. The normalized spacial score (nSPS) is 11.0. The smallest absolute Gasteiger partial charge is 0.252 e. The van der Waals surface area contributed by atoms with Crippen molar-refractivity contribution in [1.29, 1.82) is 0 Å². The summed E-state index contributed by atoms with van der Waals surface area (Å²) in [4.78, 5) is 13.8. The van der Waals surface area contributed by atoms with E-state index in [2.05, 4.69) is 40.8 Å². The first-order valence-corrected chi connectivity index (χ1v) is 10.5. The van der Waals surface area contributed by atoms with Crippen LogP contribution in [0.15, 0.2) is 76.1 Å². The fourth-order valence-corrected chi connectivity index (χ4v) is 4.47. The zero-order valence-electron chi connectivity index (χ0n) is 16.4. The van der Waals surface area contributed by atoms with Crippen molar-refractivity contribution in [1.82, 2.24) is 10.5 Å². The summed E-state index contributed by atoms with van der Waals surface area (Å²) in [5.41, 5.74) is 3.75. The highest BCUT2D eigenvalue weighted by molar-refractivity contribution is 7.98.